The third kappa shape index (κ3) is 1.25. The maximum atomic E-state index is 4.29. The lowest BCUT2D eigenvalue weighted by Crippen LogP contribution is -2.43. The van der Waals surface area contributed by atoms with Crippen molar-refractivity contribution >= 4 is 0 Å². The first-order valence-corrected chi connectivity index (χ1v) is 5.55. The van der Waals surface area contributed by atoms with E-state index in [2.05, 4.69) is 20.1 Å². The summed E-state index contributed by atoms with van der Waals surface area (Å²) in [6, 6.07) is 0.612. The van der Waals surface area contributed by atoms with E-state index in [-0.39, 0.29) is 0 Å². The first-order valence-electron chi connectivity index (χ1n) is 5.55. The predicted molar refractivity (Wildman–Crippen MR) is 53.1 cm³/mol. The molecule has 3 rings (SSSR count). The highest BCUT2D eigenvalue weighted by molar-refractivity contribution is 5.02. The molecule has 1 aromatic rings. The lowest BCUT2D eigenvalue weighted by Gasteiger charge is -2.30. The van der Waals surface area contributed by atoms with E-state index >= 15 is 0 Å². The lowest BCUT2D eigenvalue weighted by atomic mass is 10.1. The molecule has 2 heterocycles. The largest absolute Gasteiger partial charge is 0.313 e. The van der Waals surface area contributed by atoms with Crippen LogP contribution in [0.1, 0.15) is 43.5 Å². The smallest absolute Gasteiger partial charge is 0.136 e. The Morgan fingerprint density at radius 1 is 1.29 bits per heavy atom. The quantitative estimate of drug-likeness (QED) is 0.762. The van der Waals surface area contributed by atoms with E-state index in [0.29, 0.717) is 12.0 Å². The van der Waals surface area contributed by atoms with Crippen molar-refractivity contribution in [1.82, 2.24) is 20.1 Å². The van der Waals surface area contributed by atoms with E-state index in [1.807, 2.05) is 6.33 Å². The fourth-order valence-corrected chi connectivity index (χ4v) is 2.48. The van der Waals surface area contributed by atoms with Gasteiger partial charge >= 0.3 is 0 Å². The number of hydrogen-bond acceptors (Lipinski definition) is 3. The monoisotopic (exact) mass is 192 g/mol. The van der Waals surface area contributed by atoms with Crippen LogP contribution in [0.25, 0.3) is 0 Å². The van der Waals surface area contributed by atoms with Gasteiger partial charge in [0, 0.05) is 19.0 Å². The summed E-state index contributed by atoms with van der Waals surface area (Å²) in [4.78, 5) is 0. The summed E-state index contributed by atoms with van der Waals surface area (Å²) >= 11 is 0. The summed E-state index contributed by atoms with van der Waals surface area (Å²) in [5, 5.41) is 11.6. The molecule has 1 saturated carbocycles. The zero-order chi connectivity index (χ0) is 9.38. The molecule has 0 atom stereocenters. The molecule has 76 valence electrons. The van der Waals surface area contributed by atoms with Gasteiger partial charge in [0.2, 0.25) is 0 Å². The van der Waals surface area contributed by atoms with Crippen LogP contribution in [0.4, 0.5) is 0 Å². The molecule has 1 saturated heterocycles. The van der Waals surface area contributed by atoms with Crippen LogP contribution >= 0.6 is 0 Å². The third-order valence-corrected chi connectivity index (χ3v) is 3.47. The number of aromatic nitrogens is 3. The van der Waals surface area contributed by atoms with Gasteiger partial charge in [0.1, 0.15) is 12.2 Å². The Bertz CT molecular complexity index is 310. The van der Waals surface area contributed by atoms with Gasteiger partial charge in [-0.05, 0) is 12.8 Å². The van der Waals surface area contributed by atoms with Crippen LogP contribution < -0.4 is 5.32 Å². The first-order chi connectivity index (χ1) is 6.95. The van der Waals surface area contributed by atoms with E-state index in [1.54, 1.807) is 0 Å². The maximum absolute atomic E-state index is 4.29. The lowest BCUT2D eigenvalue weighted by molar-refractivity contribution is 0.329. The highest BCUT2D eigenvalue weighted by atomic mass is 15.3. The van der Waals surface area contributed by atoms with E-state index in [1.165, 1.54) is 31.5 Å². The normalized spacial score (nSPS) is 24.0. The van der Waals surface area contributed by atoms with E-state index in [9.17, 15) is 0 Å². The second kappa shape index (κ2) is 3.35. The fraction of sp³-hybridized carbons (Fsp3) is 0.800. The molecule has 1 N–H and O–H groups in total. The Morgan fingerprint density at radius 2 is 2.07 bits per heavy atom. The zero-order valence-corrected chi connectivity index (χ0v) is 8.32. The molecule has 1 aliphatic carbocycles. The summed E-state index contributed by atoms with van der Waals surface area (Å²) in [5.74, 6) is 1.91. The summed E-state index contributed by atoms with van der Waals surface area (Å²) < 4.78 is 2.28. The van der Waals surface area contributed by atoms with Gasteiger partial charge in [-0.1, -0.05) is 12.8 Å². The third-order valence-electron chi connectivity index (χ3n) is 3.47. The van der Waals surface area contributed by atoms with Gasteiger partial charge in [-0.25, -0.2) is 0 Å². The van der Waals surface area contributed by atoms with Gasteiger partial charge in [-0.2, -0.15) is 0 Å². The Kier molecular flexibility index (Phi) is 2.01. The van der Waals surface area contributed by atoms with Crippen molar-refractivity contribution in [2.75, 3.05) is 13.1 Å². The van der Waals surface area contributed by atoms with Gasteiger partial charge in [0.25, 0.3) is 0 Å². The summed E-state index contributed by atoms with van der Waals surface area (Å²) in [6.07, 6.45) is 7.23. The average Bonchev–Trinajstić information content (AvgIpc) is 2.66. The Labute approximate surface area is 83.7 Å². The molecule has 4 heteroatoms. The second-order valence-corrected chi connectivity index (χ2v) is 4.39. The van der Waals surface area contributed by atoms with E-state index < -0.39 is 0 Å². The van der Waals surface area contributed by atoms with Crippen molar-refractivity contribution in [2.45, 2.75) is 37.6 Å². The van der Waals surface area contributed by atoms with Crippen LogP contribution in [-0.2, 0) is 0 Å². The minimum atomic E-state index is 0.612. The van der Waals surface area contributed by atoms with Crippen LogP contribution in [0.2, 0.25) is 0 Å². The van der Waals surface area contributed by atoms with Gasteiger partial charge in [0.15, 0.2) is 0 Å². The van der Waals surface area contributed by atoms with Crippen molar-refractivity contribution in [3.8, 4) is 0 Å². The molecule has 0 unspecified atom stereocenters. The Morgan fingerprint density at radius 3 is 2.71 bits per heavy atom. The first kappa shape index (κ1) is 8.41. The van der Waals surface area contributed by atoms with E-state index in [0.717, 1.165) is 13.1 Å². The Hall–Kier alpha value is -0.900. The molecule has 0 aromatic carbocycles. The van der Waals surface area contributed by atoms with Crippen LogP contribution in [0.15, 0.2) is 6.33 Å². The van der Waals surface area contributed by atoms with Gasteiger partial charge in [0.05, 0.1) is 6.04 Å². The topological polar surface area (TPSA) is 42.7 Å². The standard InChI is InChI=1S/C10H16N4/c1-2-4-8(3-1)10-13-12-7-14(10)9-5-11-6-9/h7-9,11H,1-6H2. The molecule has 0 amide bonds. The molecule has 1 aliphatic heterocycles. The minimum Gasteiger partial charge on any atom is -0.313 e. The molecular formula is C10H16N4. The van der Waals surface area contributed by atoms with Gasteiger partial charge in [-0.15, -0.1) is 10.2 Å². The molecule has 14 heavy (non-hydrogen) atoms. The predicted octanol–water partition coefficient (Wildman–Crippen LogP) is 1.08. The molecular weight excluding hydrogens is 176 g/mol. The van der Waals surface area contributed by atoms with Crippen LogP contribution in [0.5, 0.6) is 0 Å². The molecule has 4 nitrogen and oxygen atoms in total. The zero-order valence-electron chi connectivity index (χ0n) is 8.32. The van der Waals surface area contributed by atoms with Crippen molar-refractivity contribution in [2.24, 2.45) is 0 Å². The number of nitrogens with zero attached hydrogens (tertiary/aromatic N) is 3. The molecule has 1 aromatic heterocycles. The van der Waals surface area contributed by atoms with Crippen molar-refractivity contribution < 1.29 is 0 Å². The highest BCUT2D eigenvalue weighted by Crippen LogP contribution is 2.34. The molecule has 2 fully saturated rings. The SMILES string of the molecule is c1nnc(C2CCCC2)n1C1CNC1. The molecule has 0 radical (unpaired) electrons. The van der Waals surface area contributed by atoms with Crippen molar-refractivity contribution in [1.29, 1.82) is 0 Å². The van der Waals surface area contributed by atoms with Gasteiger partial charge < -0.3 is 9.88 Å². The van der Waals surface area contributed by atoms with Crippen LogP contribution in [0.3, 0.4) is 0 Å². The minimum absolute atomic E-state index is 0.612. The molecule has 0 spiro atoms. The summed E-state index contributed by atoms with van der Waals surface area (Å²) in [6.45, 7) is 2.16. The highest BCUT2D eigenvalue weighted by Gasteiger charge is 2.27. The van der Waals surface area contributed by atoms with Crippen molar-refractivity contribution in [3.05, 3.63) is 12.2 Å². The van der Waals surface area contributed by atoms with Crippen LogP contribution in [0, 0.1) is 0 Å². The molecule has 2 aliphatic rings. The number of rotatable bonds is 2. The van der Waals surface area contributed by atoms with Crippen molar-refractivity contribution in [3.63, 3.8) is 0 Å². The molecule has 0 bridgehead atoms. The van der Waals surface area contributed by atoms with Crippen LogP contribution in [-0.4, -0.2) is 27.9 Å². The summed E-state index contributed by atoms with van der Waals surface area (Å²) in [5.41, 5.74) is 0. The average molecular weight is 192 g/mol. The van der Waals surface area contributed by atoms with E-state index in [4.69, 9.17) is 0 Å². The number of nitrogens with one attached hydrogen (secondary N) is 1. The van der Waals surface area contributed by atoms with Gasteiger partial charge in [-0.3, -0.25) is 0 Å². The number of hydrogen-bond donors (Lipinski definition) is 1. The Balaban J connectivity index is 1.85. The second-order valence-electron chi connectivity index (χ2n) is 4.39. The summed E-state index contributed by atoms with van der Waals surface area (Å²) in [7, 11) is 0. The fourth-order valence-electron chi connectivity index (χ4n) is 2.48. The maximum Gasteiger partial charge on any atom is 0.136 e.